The lowest BCUT2D eigenvalue weighted by Crippen LogP contribution is -2.35. The normalized spacial score (nSPS) is 23.0. The highest BCUT2D eigenvalue weighted by molar-refractivity contribution is 5.70. The van der Waals surface area contributed by atoms with Crippen molar-refractivity contribution in [3.05, 3.63) is 29.8 Å². The van der Waals surface area contributed by atoms with Crippen molar-refractivity contribution in [1.29, 1.82) is 0 Å². The van der Waals surface area contributed by atoms with Gasteiger partial charge < -0.3 is 14.6 Å². The molecule has 0 amide bonds. The first-order chi connectivity index (χ1) is 11.2. The maximum absolute atomic E-state index is 11.0. The molecule has 2 aliphatic heterocycles. The number of carboxylic acid groups (broad SMARTS) is 1. The Morgan fingerprint density at radius 1 is 1.26 bits per heavy atom. The molecule has 1 N–H and O–H groups in total. The molecule has 0 aromatic heterocycles. The summed E-state index contributed by atoms with van der Waals surface area (Å²) in [7, 11) is 0. The molecule has 5 nitrogen and oxygen atoms in total. The standard InChI is InChI=1S/C18H25NO4/c20-18(21)14-7-9-19(10-8-14)12-15-4-1-2-6-17(15)23-13-16-5-3-11-22-16/h1-2,4,6,14,16H,3,5,7-13H2,(H,20,21). The first-order valence-electron chi connectivity index (χ1n) is 8.50. The molecule has 23 heavy (non-hydrogen) atoms. The highest BCUT2D eigenvalue weighted by atomic mass is 16.5. The Labute approximate surface area is 137 Å². The lowest BCUT2D eigenvalue weighted by molar-refractivity contribution is -0.143. The summed E-state index contributed by atoms with van der Waals surface area (Å²) >= 11 is 0. The Bertz CT molecular complexity index is 520. The van der Waals surface area contributed by atoms with Gasteiger partial charge in [-0.3, -0.25) is 9.69 Å². The van der Waals surface area contributed by atoms with Crippen LogP contribution in [0.2, 0.25) is 0 Å². The maximum Gasteiger partial charge on any atom is 0.306 e. The van der Waals surface area contributed by atoms with E-state index in [2.05, 4.69) is 11.0 Å². The number of benzene rings is 1. The molecular weight excluding hydrogens is 294 g/mol. The van der Waals surface area contributed by atoms with Gasteiger partial charge in [-0.15, -0.1) is 0 Å². The maximum atomic E-state index is 11.0. The van der Waals surface area contributed by atoms with Crippen LogP contribution in [-0.4, -0.2) is 48.4 Å². The summed E-state index contributed by atoms with van der Waals surface area (Å²) < 4.78 is 11.6. The Morgan fingerprint density at radius 3 is 2.74 bits per heavy atom. The van der Waals surface area contributed by atoms with Crippen molar-refractivity contribution >= 4 is 5.97 Å². The molecule has 1 unspecified atom stereocenters. The first kappa shape index (κ1) is 16.3. The molecular formula is C18H25NO4. The van der Waals surface area contributed by atoms with E-state index in [9.17, 15) is 4.79 Å². The summed E-state index contributed by atoms with van der Waals surface area (Å²) in [6.07, 6.45) is 3.87. The SMILES string of the molecule is O=C(O)C1CCN(Cc2ccccc2OCC2CCCO2)CC1. The van der Waals surface area contributed by atoms with Crippen LogP contribution >= 0.6 is 0 Å². The molecule has 2 aliphatic rings. The van der Waals surface area contributed by atoms with E-state index in [1.807, 2.05) is 18.2 Å². The van der Waals surface area contributed by atoms with Crippen molar-refractivity contribution in [3.63, 3.8) is 0 Å². The highest BCUT2D eigenvalue weighted by Gasteiger charge is 2.25. The number of carboxylic acids is 1. The Balaban J connectivity index is 1.54. The van der Waals surface area contributed by atoms with Crippen LogP contribution in [0.15, 0.2) is 24.3 Å². The number of hydrogen-bond acceptors (Lipinski definition) is 4. The molecule has 0 aliphatic carbocycles. The fourth-order valence-corrected chi connectivity index (χ4v) is 3.31. The van der Waals surface area contributed by atoms with Gasteiger partial charge in [0.15, 0.2) is 0 Å². The molecule has 1 aromatic carbocycles. The van der Waals surface area contributed by atoms with Gasteiger partial charge in [0.05, 0.1) is 12.0 Å². The molecule has 2 heterocycles. The average molecular weight is 319 g/mol. The monoisotopic (exact) mass is 319 g/mol. The third-order valence-corrected chi connectivity index (χ3v) is 4.75. The van der Waals surface area contributed by atoms with E-state index in [1.54, 1.807) is 0 Å². The van der Waals surface area contributed by atoms with Gasteiger partial charge in [0.2, 0.25) is 0 Å². The number of nitrogens with zero attached hydrogens (tertiary/aromatic N) is 1. The molecule has 0 spiro atoms. The van der Waals surface area contributed by atoms with Crippen molar-refractivity contribution in [3.8, 4) is 5.75 Å². The summed E-state index contributed by atoms with van der Waals surface area (Å²) in [5.74, 6) is 0.0746. The number of carbonyl (C=O) groups is 1. The number of aliphatic carboxylic acids is 1. The molecule has 2 saturated heterocycles. The van der Waals surface area contributed by atoms with E-state index < -0.39 is 5.97 Å². The van der Waals surface area contributed by atoms with E-state index in [0.717, 1.165) is 57.7 Å². The molecule has 2 fully saturated rings. The molecule has 5 heteroatoms. The number of piperidine rings is 1. The second kappa shape index (κ2) is 7.79. The van der Waals surface area contributed by atoms with Crippen LogP contribution in [0.1, 0.15) is 31.2 Å². The van der Waals surface area contributed by atoms with Crippen LogP contribution in [0, 0.1) is 5.92 Å². The summed E-state index contributed by atoms with van der Waals surface area (Å²) in [6.45, 7) is 3.93. The molecule has 126 valence electrons. The Kier molecular flexibility index (Phi) is 5.51. The van der Waals surface area contributed by atoms with Gasteiger partial charge in [-0.1, -0.05) is 18.2 Å². The van der Waals surface area contributed by atoms with Gasteiger partial charge in [-0.25, -0.2) is 0 Å². The molecule has 0 saturated carbocycles. The lowest BCUT2D eigenvalue weighted by atomic mass is 9.97. The highest BCUT2D eigenvalue weighted by Crippen LogP contribution is 2.24. The fourth-order valence-electron chi connectivity index (χ4n) is 3.31. The van der Waals surface area contributed by atoms with E-state index in [-0.39, 0.29) is 12.0 Å². The third-order valence-electron chi connectivity index (χ3n) is 4.75. The van der Waals surface area contributed by atoms with Crippen LogP contribution in [0.4, 0.5) is 0 Å². The third kappa shape index (κ3) is 4.45. The fraction of sp³-hybridized carbons (Fsp3) is 0.611. The topological polar surface area (TPSA) is 59.0 Å². The van der Waals surface area contributed by atoms with Gasteiger partial charge >= 0.3 is 5.97 Å². The number of hydrogen-bond donors (Lipinski definition) is 1. The zero-order chi connectivity index (χ0) is 16.1. The van der Waals surface area contributed by atoms with Crippen LogP contribution < -0.4 is 4.74 Å². The summed E-state index contributed by atoms with van der Waals surface area (Å²) in [5, 5.41) is 9.08. The number of para-hydroxylation sites is 1. The van der Waals surface area contributed by atoms with Gasteiger partial charge in [-0.2, -0.15) is 0 Å². The number of ether oxygens (including phenoxy) is 2. The number of likely N-dealkylation sites (tertiary alicyclic amines) is 1. The Morgan fingerprint density at radius 2 is 2.04 bits per heavy atom. The number of rotatable bonds is 6. The minimum Gasteiger partial charge on any atom is -0.491 e. The summed E-state index contributed by atoms with van der Waals surface area (Å²) in [4.78, 5) is 13.3. The van der Waals surface area contributed by atoms with E-state index in [1.165, 1.54) is 5.56 Å². The van der Waals surface area contributed by atoms with E-state index in [4.69, 9.17) is 14.6 Å². The van der Waals surface area contributed by atoms with Crippen LogP contribution in [0.3, 0.4) is 0 Å². The summed E-state index contributed by atoms with van der Waals surface area (Å²) in [5.41, 5.74) is 1.17. The molecule has 1 atom stereocenters. The zero-order valence-electron chi connectivity index (χ0n) is 13.4. The minimum atomic E-state index is -0.662. The quantitative estimate of drug-likeness (QED) is 0.873. The largest absolute Gasteiger partial charge is 0.491 e. The summed E-state index contributed by atoms with van der Waals surface area (Å²) in [6, 6.07) is 8.12. The molecule has 1 aromatic rings. The smallest absolute Gasteiger partial charge is 0.306 e. The predicted molar refractivity (Wildman–Crippen MR) is 86.5 cm³/mol. The van der Waals surface area contributed by atoms with E-state index >= 15 is 0 Å². The van der Waals surface area contributed by atoms with Crippen LogP contribution in [0.25, 0.3) is 0 Å². The van der Waals surface area contributed by atoms with Gasteiger partial charge in [0.25, 0.3) is 0 Å². The second-order valence-electron chi connectivity index (χ2n) is 6.44. The Hall–Kier alpha value is -1.59. The van der Waals surface area contributed by atoms with Crippen LogP contribution in [0.5, 0.6) is 5.75 Å². The van der Waals surface area contributed by atoms with Gasteiger partial charge in [-0.05, 0) is 44.8 Å². The van der Waals surface area contributed by atoms with E-state index in [0.29, 0.717) is 6.61 Å². The molecule has 0 bridgehead atoms. The lowest BCUT2D eigenvalue weighted by Gasteiger charge is -2.30. The zero-order valence-corrected chi connectivity index (χ0v) is 13.4. The average Bonchev–Trinajstić information content (AvgIpc) is 3.08. The second-order valence-corrected chi connectivity index (χ2v) is 6.44. The minimum absolute atomic E-state index is 0.183. The first-order valence-corrected chi connectivity index (χ1v) is 8.50. The van der Waals surface area contributed by atoms with Crippen molar-refractivity contribution in [1.82, 2.24) is 4.90 Å². The van der Waals surface area contributed by atoms with Gasteiger partial charge in [0, 0.05) is 18.7 Å². The molecule has 0 radical (unpaired) electrons. The van der Waals surface area contributed by atoms with Crippen molar-refractivity contribution in [2.75, 3.05) is 26.3 Å². The van der Waals surface area contributed by atoms with Crippen LogP contribution in [-0.2, 0) is 16.1 Å². The molecule has 3 rings (SSSR count). The van der Waals surface area contributed by atoms with Crippen molar-refractivity contribution in [2.24, 2.45) is 5.92 Å². The van der Waals surface area contributed by atoms with Crippen molar-refractivity contribution in [2.45, 2.75) is 38.3 Å². The predicted octanol–water partition coefficient (Wildman–Crippen LogP) is 2.54. The van der Waals surface area contributed by atoms with Gasteiger partial charge in [0.1, 0.15) is 12.4 Å². The van der Waals surface area contributed by atoms with Crippen molar-refractivity contribution < 1.29 is 19.4 Å².